The number of nitrogens with two attached hydrogens (primary N) is 1. The number of rotatable bonds is 4. The maximum absolute atomic E-state index is 13.3. The zero-order valence-corrected chi connectivity index (χ0v) is 20.3. The van der Waals surface area contributed by atoms with Crippen molar-refractivity contribution < 1.29 is 14.3 Å². The Hall–Kier alpha value is -3.43. The van der Waals surface area contributed by atoms with Crippen molar-refractivity contribution in [2.24, 2.45) is 10.7 Å². The largest absolute Gasteiger partial charge is 0.378 e. The van der Waals surface area contributed by atoms with Gasteiger partial charge >= 0.3 is 0 Å². The van der Waals surface area contributed by atoms with Crippen molar-refractivity contribution in [1.29, 1.82) is 0 Å². The van der Waals surface area contributed by atoms with E-state index in [2.05, 4.69) is 10.3 Å². The Bertz CT molecular complexity index is 1340. The van der Waals surface area contributed by atoms with Crippen LogP contribution in [0.25, 0.3) is 5.52 Å². The Labute approximate surface area is 207 Å². The second-order valence-electron chi connectivity index (χ2n) is 9.25. The molecule has 35 heavy (non-hydrogen) atoms. The molecule has 0 bridgehead atoms. The fourth-order valence-electron chi connectivity index (χ4n) is 4.95. The number of hydrogen-bond acceptors (Lipinski definition) is 6. The molecule has 1 fully saturated rings. The van der Waals surface area contributed by atoms with E-state index in [4.69, 9.17) is 27.1 Å². The molecule has 0 radical (unpaired) electrons. The number of ether oxygens (including phenoxy) is 1. The summed E-state index contributed by atoms with van der Waals surface area (Å²) < 4.78 is 7.38. The first-order valence-electron chi connectivity index (χ1n) is 11.6. The highest BCUT2D eigenvalue weighted by Gasteiger charge is 2.42. The standard InChI is InChI=1S/C25H27ClN6O3/c1-15-12-16(9-11-35-15)32-20(33)13-25(2,30-24(32)27)17-6-5-7-18(21(17)26)29-23(34)22-19-8-3-4-10-31(19)14-28-22/h3-8,10,14-16H,9,11-13H2,1-2H3,(H2,27,30)(H,29,34)/t15-,16-,25+/m1/s1. The minimum atomic E-state index is -0.965. The number of halogens is 1. The average molecular weight is 495 g/mol. The Balaban J connectivity index is 1.43. The number of aromatic nitrogens is 2. The molecule has 0 aliphatic carbocycles. The SMILES string of the molecule is C[C@@H]1C[C@H](N2C(=O)C[C@@](C)(c3cccc(NC(=O)c4ncn5ccccc45)c3Cl)N=C2N)CCO1. The predicted octanol–water partition coefficient (Wildman–Crippen LogP) is 3.57. The van der Waals surface area contributed by atoms with Crippen LogP contribution < -0.4 is 11.1 Å². The van der Waals surface area contributed by atoms with E-state index in [-0.39, 0.29) is 42.0 Å². The Morgan fingerprint density at radius 3 is 2.89 bits per heavy atom. The van der Waals surface area contributed by atoms with Gasteiger partial charge in [0.2, 0.25) is 5.91 Å². The van der Waals surface area contributed by atoms with Crippen LogP contribution >= 0.6 is 11.6 Å². The molecule has 10 heteroatoms. The van der Waals surface area contributed by atoms with Crippen molar-refractivity contribution in [3.8, 4) is 0 Å². The van der Waals surface area contributed by atoms with Crippen LogP contribution in [0, 0.1) is 0 Å². The van der Waals surface area contributed by atoms with Gasteiger partial charge in [-0.1, -0.05) is 29.8 Å². The fourth-order valence-corrected chi connectivity index (χ4v) is 5.33. The van der Waals surface area contributed by atoms with Gasteiger partial charge in [-0.25, -0.2) is 9.98 Å². The molecule has 0 unspecified atom stereocenters. The summed E-state index contributed by atoms with van der Waals surface area (Å²) in [5, 5.41) is 3.16. The van der Waals surface area contributed by atoms with Crippen LogP contribution in [-0.2, 0) is 15.1 Å². The Kier molecular flexibility index (Phi) is 5.98. The van der Waals surface area contributed by atoms with Crippen LogP contribution in [0.5, 0.6) is 0 Å². The summed E-state index contributed by atoms with van der Waals surface area (Å²) in [6.07, 6.45) is 5.00. The number of guanidine groups is 1. The first kappa shape index (κ1) is 23.3. The molecule has 9 nitrogen and oxygen atoms in total. The molecule has 4 heterocycles. The van der Waals surface area contributed by atoms with E-state index in [0.717, 1.165) is 0 Å². The normalized spacial score (nSPS) is 24.9. The fraction of sp³-hybridized carbons (Fsp3) is 0.360. The van der Waals surface area contributed by atoms with Gasteiger partial charge in [-0.15, -0.1) is 0 Å². The molecular weight excluding hydrogens is 468 g/mol. The molecule has 3 atom stereocenters. The third-order valence-electron chi connectivity index (χ3n) is 6.68. The van der Waals surface area contributed by atoms with Gasteiger partial charge in [-0.3, -0.25) is 14.5 Å². The lowest BCUT2D eigenvalue weighted by Gasteiger charge is -2.41. The van der Waals surface area contributed by atoms with Gasteiger partial charge < -0.3 is 20.2 Å². The third kappa shape index (κ3) is 4.26. The minimum Gasteiger partial charge on any atom is -0.378 e. The molecule has 0 saturated carbocycles. The number of anilines is 1. The van der Waals surface area contributed by atoms with Crippen LogP contribution in [0.15, 0.2) is 53.9 Å². The van der Waals surface area contributed by atoms with E-state index >= 15 is 0 Å². The van der Waals surface area contributed by atoms with Gasteiger partial charge in [0.25, 0.3) is 5.91 Å². The number of fused-ring (bicyclic) bond motifs is 1. The topological polar surface area (TPSA) is 114 Å². The first-order chi connectivity index (χ1) is 16.8. The quantitative estimate of drug-likeness (QED) is 0.575. The van der Waals surface area contributed by atoms with Crippen molar-refractivity contribution in [3.05, 3.63) is 65.2 Å². The van der Waals surface area contributed by atoms with Crippen molar-refractivity contribution in [2.45, 2.75) is 50.8 Å². The highest BCUT2D eigenvalue weighted by molar-refractivity contribution is 6.35. The smallest absolute Gasteiger partial charge is 0.276 e. The number of nitrogens with zero attached hydrogens (tertiary/aromatic N) is 4. The van der Waals surface area contributed by atoms with Crippen LogP contribution in [0.4, 0.5) is 5.69 Å². The van der Waals surface area contributed by atoms with E-state index in [1.165, 1.54) is 0 Å². The molecule has 2 aliphatic rings. The lowest BCUT2D eigenvalue weighted by Crippen LogP contribution is -2.56. The summed E-state index contributed by atoms with van der Waals surface area (Å²) in [4.78, 5) is 36.8. The molecule has 1 aromatic carbocycles. The minimum absolute atomic E-state index is 0.0367. The number of benzene rings is 1. The maximum Gasteiger partial charge on any atom is 0.276 e. The number of carbonyl (C=O) groups excluding carboxylic acids is 2. The van der Waals surface area contributed by atoms with Gasteiger partial charge in [0.15, 0.2) is 11.7 Å². The number of aliphatic imine (C=N–C) groups is 1. The lowest BCUT2D eigenvalue weighted by atomic mass is 9.86. The average Bonchev–Trinajstić information content (AvgIpc) is 3.24. The number of hydrogen-bond donors (Lipinski definition) is 2. The van der Waals surface area contributed by atoms with Gasteiger partial charge in [0, 0.05) is 24.4 Å². The second-order valence-corrected chi connectivity index (χ2v) is 9.63. The van der Waals surface area contributed by atoms with Gasteiger partial charge in [0.1, 0.15) is 6.33 Å². The van der Waals surface area contributed by atoms with Crippen LogP contribution in [0.3, 0.4) is 0 Å². The monoisotopic (exact) mass is 494 g/mol. The number of imidazole rings is 1. The maximum atomic E-state index is 13.3. The molecule has 5 rings (SSSR count). The summed E-state index contributed by atoms with van der Waals surface area (Å²) in [6.45, 7) is 4.40. The van der Waals surface area contributed by atoms with Crippen LogP contribution in [0.1, 0.15) is 49.2 Å². The van der Waals surface area contributed by atoms with E-state index in [9.17, 15) is 9.59 Å². The van der Waals surface area contributed by atoms with Gasteiger partial charge in [-0.05, 0) is 44.9 Å². The first-order valence-corrected chi connectivity index (χ1v) is 12.0. The zero-order valence-electron chi connectivity index (χ0n) is 19.6. The number of pyridine rings is 1. The highest BCUT2D eigenvalue weighted by Crippen LogP contribution is 2.41. The third-order valence-corrected chi connectivity index (χ3v) is 7.09. The molecule has 182 valence electrons. The molecule has 1 saturated heterocycles. The number of nitrogens with one attached hydrogen (secondary N) is 1. The van der Waals surface area contributed by atoms with E-state index in [1.807, 2.05) is 38.2 Å². The molecule has 3 aromatic rings. The van der Waals surface area contributed by atoms with Crippen LogP contribution in [-0.4, -0.2) is 50.8 Å². The summed E-state index contributed by atoms with van der Waals surface area (Å²) in [5.41, 5.74) is 7.36. The summed E-state index contributed by atoms with van der Waals surface area (Å²) in [5.74, 6) is -0.308. The van der Waals surface area contributed by atoms with Crippen molar-refractivity contribution in [2.75, 3.05) is 11.9 Å². The van der Waals surface area contributed by atoms with Crippen LogP contribution in [0.2, 0.25) is 5.02 Å². The molecule has 2 aliphatic heterocycles. The molecular formula is C25H27ClN6O3. The number of carbonyl (C=O) groups is 2. The Morgan fingerprint density at radius 2 is 2.11 bits per heavy atom. The van der Waals surface area contributed by atoms with Crippen molar-refractivity contribution in [1.82, 2.24) is 14.3 Å². The van der Waals surface area contributed by atoms with E-state index in [1.54, 1.807) is 33.8 Å². The summed E-state index contributed by atoms with van der Waals surface area (Å²) >= 11 is 6.76. The van der Waals surface area contributed by atoms with Gasteiger partial charge in [0.05, 0.1) is 34.3 Å². The zero-order chi connectivity index (χ0) is 24.7. The highest BCUT2D eigenvalue weighted by atomic mass is 35.5. The molecule has 2 amide bonds. The summed E-state index contributed by atoms with van der Waals surface area (Å²) in [7, 11) is 0. The van der Waals surface area contributed by atoms with Gasteiger partial charge in [-0.2, -0.15) is 0 Å². The van der Waals surface area contributed by atoms with Crippen molar-refractivity contribution >= 4 is 40.6 Å². The lowest BCUT2D eigenvalue weighted by molar-refractivity contribution is -0.133. The molecule has 0 spiro atoms. The predicted molar refractivity (Wildman–Crippen MR) is 133 cm³/mol. The molecule has 3 N–H and O–H groups in total. The summed E-state index contributed by atoms with van der Waals surface area (Å²) in [6, 6.07) is 10.8. The van der Waals surface area contributed by atoms with E-state index in [0.29, 0.717) is 41.2 Å². The van der Waals surface area contributed by atoms with E-state index < -0.39 is 5.54 Å². The second kappa shape index (κ2) is 8.98. The Morgan fingerprint density at radius 1 is 1.29 bits per heavy atom. The molecule has 2 aromatic heterocycles. The van der Waals surface area contributed by atoms with Crippen molar-refractivity contribution in [3.63, 3.8) is 0 Å². The number of amides is 2.